The number of hydrogen-bond donors (Lipinski definition) is 1. The number of nitrogens with zero attached hydrogens (tertiary/aromatic N) is 5. The zero-order chi connectivity index (χ0) is 89.1. The van der Waals surface area contributed by atoms with Gasteiger partial charge in [0.25, 0.3) is 0 Å². The van der Waals surface area contributed by atoms with E-state index in [1.807, 2.05) is 60.8 Å². The molecule has 648 valence electrons. The minimum absolute atomic E-state index is 0.712. The molecule has 0 saturated heterocycles. The van der Waals surface area contributed by atoms with Crippen LogP contribution in [-0.4, -0.2) is 32.3 Å². The van der Waals surface area contributed by atoms with Gasteiger partial charge in [-0.05, 0) is 252 Å². The highest BCUT2D eigenvalue weighted by atomic mass is 35.5. The third kappa shape index (κ3) is 16.9. The number of fused-ring (bicyclic) bond motifs is 18. The Morgan fingerprint density at radius 1 is 0.331 bits per heavy atom. The van der Waals surface area contributed by atoms with Crippen molar-refractivity contribution < 1.29 is 22.4 Å². The summed E-state index contributed by atoms with van der Waals surface area (Å²) in [5, 5.41) is 15.7. The number of benzene rings is 16. The van der Waals surface area contributed by atoms with Crippen molar-refractivity contribution in [2.75, 3.05) is 16.9 Å². The molecule has 2 fully saturated rings. The van der Waals surface area contributed by atoms with Gasteiger partial charge in [0.15, 0.2) is 0 Å². The summed E-state index contributed by atoms with van der Waals surface area (Å²) in [4.78, 5) is 16.5. The number of aryl methyl sites for hydroxylation is 1. The fraction of sp³-hybridized carbons (Fsp3) is 0.117. The Morgan fingerprint density at radius 3 is 1.36 bits per heavy atom. The zero-order valence-corrected chi connectivity index (χ0v) is 75.8. The maximum Gasteiger partial charge on any atom is 0.138 e. The van der Waals surface area contributed by atoms with E-state index in [0.717, 1.165) is 170 Å². The first-order valence-corrected chi connectivity index (χ1v) is 47.6. The van der Waals surface area contributed by atoms with Crippen LogP contribution in [-0.2, 0) is 0 Å². The molecule has 1 N–H and O–H groups in total. The molecule has 0 aliphatic heterocycles. The molecule has 1 unspecified atom stereocenters. The SMILES string of the molecule is C1CCCCC1.COc1cccc(C)c1-c1ccccc1PC1CCCCC1.Clc1ccc2oc3ccncc3c2c1.c1ccc(N(c2ccc(-c3ccc4[nH]c5ccccc5c4c3)cc2)c2ccc3oc4ccccc4c3c2)cc1.c1ccc(N(c2ccc(-c3ccc4c(c3)c3ccccc3n4-c3ccc4oc5ccncc5c4c3)cc2)c2ccc3oc4ccccc4c3c2)cc1. The molecule has 0 bridgehead atoms. The number of para-hydroxylation sites is 6. The van der Waals surface area contributed by atoms with E-state index in [1.165, 1.54) is 136 Å². The molecule has 8 aromatic heterocycles. The monoisotopic (exact) mass is 1770 g/mol. The Balaban J connectivity index is 0.000000111. The van der Waals surface area contributed by atoms with Gasteiger partial charge in [-0.1, -0.05) is 260 Å². The van der Waals surface area contributed by atoms with Crippen LogP contribution in [0, 0.1) is 6.92 Å². The molecule has 13 heteroatoms. The van der Waals surface area contributed by atoms with Gasteiger partial charge >= 0.3 is 0 Å². The molecule has 2 saturated carbocycles. The minimum Gasteiger partial charge on any atom is -0.496 e. The van der Waals surface area contributed by atoms with E-state index in [0.29, 0.717) is 5.02 Å². The number of ether oxygens (including phenoxy) is 1. The van der Waals surface area contributed by atoms with Crippen molar-refractivity contribution in [3.63, 3.8) is 0 Å². The minimum atomic E-state index is 0.712. The fourth-order valence-corrected chi connectivity index (χ4v) is 21.5. The van der Waals surface area contributed by atoms with Crippen molar-refractivity contribution in [1.29, 1.82) is 0 Å². The summed E-state index contributed by atoms with van der Waals surface area (Å²) >= 11 is 5.91. The number of H-pyrrole nitrogens is 1. The van der Waals surface area contributed by atoms with Crippen molar-refractivity contribution in [1.82, 2.24) is 19.5 Å². The van der Waals surface area contributed by atoms with E-state index in [4.69, 9.17) is 34.0 Å². The van der Waals surface area contributed by atoms with Gasteiger partial charge < -0.3 is 41.8 Å². The lowest BCUT2D eigenvalue weighted by Gasteiger charge is -2.25. The van der Waals surface area contributed by atoms with Crippen LogP contribution < -0.4 is 19.8 Å². The molecule has 26 rings (SSSR count). The fourth-order valence-electron chi connectivity index (χ4n) is 19.7. The van der Waals surface area contributed by atoms with Crippen LogP contribution >= 0.6 is 20.2 Å². The summed E-state index contributed by atoms with van der Waals surface area (Å²) in [6, 6.07) is 130. The van der Waals surface area contributed by atoms with Crippen molar-refractivity contribution >= 4 is 191 Å². The first-order chi connectivity index (χ1) is 65.7. The van der Waals surface area contributed by atoms with Crippen molar-refractivity contribution in [2.24, 2.45) is 0 Å². The van der Waals surface area contributed by atoms with E-state index >= 15 is 0 Å². The van der Waals surface area contributed by atoms with Crippen LogP contribution in [0.15, 0.2) is 413 Å². The lowest BCUT2D eigenvalue weighted by molar-refractivity contribution is 0.416. The molecule has 11 nitrogen and oxygen atoms in total. The summed E-state index contributed by atoms with van der Waals surface area (Å²) in [6.45, 7) is 2.18. The summed E-state index contributed by atoms with van der Waals surface area (Å²) < 4.78 is 31.9. The Kier molecular flexibility index (Phi) is 23.4. The van der Waals surface area contributed by atoms with Gasteiger partial charge in [0.1, 0.15) is 50.4 Å². The van der Waals surface area contributed by atoms with E-state index in [-0.39, 0.29) is 0 Å². The van der Waals surface area contributed by atoms with Gasteiger partial charge in [-0.25, -0.2) is 0 Å². The molecular weight excluding hydrogens is 1670 g/mol. The quantitative estimate of drug-likeness (QED) is 0.113. The number of methoxy groups -OCH3 is 1. The zero-order valence-electron chi connectivity index (χ0n) is 74.0. The maximum atomic E-state index is 6.15. The van der Waals surface area contributed by atoms with Crippen LogP contribution in [0.4, 0.5) is 34.1 Å². The molecule has 0 spiro atoms. The summed E-state index contributed by atoms with van der Waals surface area (Å²) in [5.74, 6) is 0.987. The van der Waals surface area contributed by atoms with Gasteiger partial charge in [-0.2, -0.15) is 0 Å². The van der Waals surface area contributed by atoms with E-state index < -0.39 is 0 Å². The molecule has 0 radical (unpaired) electrons. The van der Waals surface area contributed by atoms with Crippen LogP contribution in [0.3, 0.4) is 0 Å². The molecule has 8 heterocycles. The second-order valence-corrected chi connectivity index (χ2v) is 36.7. The second-order valence-electron chi connectivity index (χ2n) is 34.6. The van der Waals surface area contributed by atoms with Gasteiger partial charge in [0.05, 0.1) is 18.1 Å². The first kappa shape index (κ1) is 83.4. The number of halogens is 1. The Morgan fingerprint density at radius 2 is 0.767 bits per heavy atom. The first-order valence-electron chi connectivity index (χ1n) is 46.2. The predicted octanol–water partition coefficient (Wildman–Crippen LogP) is 34.8. The van der Waals surface area contributed by atoms with Crippen LogP contribution in [0.2, 0.25) is 5.02 Å². The van der Waals surface area contributed by atoms with Crippen molar-refractivity contribution in [3.8, 4) is 44.8 Å². The number of aromatic nitrogens is 4. The van der Waals surface area contributed by atoms with Gasteiger partial charge in [-0.3, -0.25) is 9.97 Å². The Labute approximate surface area is 777 Å². The molecule has 133 heavy (non-hydrogen) atoms. The number of hydrogen-bond acceptors (Lipinski definition) is 9. The Bertz CT molecular complexity index is 8320. The largest absolute Gasteiger partial charge is 0.496 e. The lowest BCUT2D eigenvalue weighted by atomic mass is 9.99. The standard InChI is InChI=1S/C47H29N3O2.C36H24N2O.C20H25OP.C11H6ClNO.C6H12/c1-2-8-32(9-3-1)49(34-19-22-45-39(27-34)37-11-5-7-13-44(37)51-45)33-17-14-30(15-18-33)31-16-21-43-38(26-31)36-10-4-6-12-42(36)50(43)35-20-23-46-40(28-35)41-29-48-25-24-47(41)52-46;1-2-8-26(9-3-1)38(28-19-21-36-32(23-28)30-11-5-7-13-35(30)39-36)27-17-14-24(15-18-27)25-16-20-34-31(22-25)29-10-4-6-12-33(29)37-34;1-15-9-8-13-18(21-2)20(15)17-12-6-7-14-19(17)22-16-10-4-3-5-11-16;12-7-1-2-10-8(5-7)9-6-13-4-3-11(9)14-10;1-2-4-6-5-3-1/h1-29H;1-23,37H;6-9,12-14,16,22H,3-5,10-11H2,1-2H3;1-6H;1-6H2. The number of aromatic amines is 1. The summed E-state index contributed by atoms with van der Waals surface area (Å²) in [6.07, 6.45) is 23.2. The summed E-state index contributed by atoms with van der Waals surface area (Å²) in [7, 11) is 2.68. The normalized spacial score (nSPS) is 13.0. The highest BCUT2D eigenvalue weighted by Crippen LogP contribution is 2.46. The van der Waals surface area contributed by atoms with Crippen LogP contribution in [0.1, 0.15) is 76.2 Å². The molecule has 0 amide bonds. The van der Waals surface area contributed by atoms with Crippen molar-refractivity contribution in [3.05, 3.63) is 405 Å². The van der Waals surface area contributed by atoms with Crippen molar-refractivity contribution in [2.45, 2.75) is 83.2 Å². The predicted molar refractivity (Wildman–Crippen MR) is 559 cm³/mol. The summed E-state index contributed by atoms with van der Waals surface area (Å²) in [5.41, 5.74) is 28.8. The molecule has 2 aliphatic carbocycles. The van der Waals surface area contributed by atoms with Gasteiger partial charge in [0, 0.05) is 151 Å². The number of furan rings is 4. The van der Waals surface area contributed by atoms with Crippen LogP contribution in [0.25, 0.3) is 170 Å². The number of anilines is 6. The van der Waals surface area contributed by atoms with Crippen LogP contribution in [0.5, 0.6) is 5.75 Å². The number of nitrogens with one attached hydrogen (secondary N) is 1. The maximum absolute atomic E-state index is 6.15. The number of pyridine rings is 2. The topological polar surface area (TPSA) is 115 Å². The second kappa shape index (κ2) is 37.3. The molecule has 2 aliphatic rings. The molecule has 16 aromatic carbocycles. The van der Waals surface area contributed by atoms with E-state index in [1.54, 1.807) is 25.7 Å². The van der Waals surface area contributed by atoms with E-state index in [2.05, 4.69) is 352 Å². The van der Waals surface area contributed by atoms with Gasteiger partial charge in [-0.15, -0.1) is 0 Å². The highest BCUT2D eigenvalue weighted by Gasteiger charge is 2.24. The average Bonchev–Trinajstić information content (AvgIpc) is 1.58. The average molecular weight is 1770 g/mol. The third-order valence-corrected chi connectivity index (χ3v) is 28.2. The highest BCUT2D eigenvalue weighted by molar-refractivity contribution is 7.48. The molecular formula is C120H96ClN6O5P. The smallest absolute Gasteiger partial charge is 0.138 e. The Hall–Kier alpha value is -15.3. The van der Waals surface area contributed by atoms with Gasteiger partial charge in [0.2, 0.25) is 0 Å². The van der Waals surface area contributed by atoms with E-state index in [9.17, 15) is 0 Å². The number of rotatable bonds is 13. The lowest BCUT2D eigenvalue weighted by Crippen LogP contribution is -2.12. The molecule has 1 atom stereocenters. The molecule has 24 aromatic rings. The third-order valence-electron chi connectivity index (χ3n) is 26.2.